The van der Waals surface area contributed by atoms with Crippen LogP contribution in [0.2, 0.25) is 0 Å². The van der Waals surface area contributed by atoms with Gasteiger partial charge in [0.15, 0.2) is 0 Å². The van der Waals surface area contributed by atoms with Crippen LogP contribution >= 0.6 is 0 Å². The van der Waals surface area contributed by atoms with E-state index in [1.165, 1.54) is 0 Å². The summed E-state index contributed by atoms with van der Waals surface area (Å²) >= 11 is 0. The summed E-state index contributed by atoms with van der Waals surface area (Å²) in [5.74, 6) is -0.152. The highest BCUT2D eigenvalue weighted by molar-refractivity contribution is 7.85. The Morgan fingerprint density at radius 3 is 2.16 bits per heavy atom. The van der Waals surface area contributed by atoms with E-state index in [-0.39, 0.29) is 5.75 Å². The van der Waals surface area contributed by atoms with Gasteiger partial charge >= 0.3 is 0 Å². The minimum absolute atomic E-state index is 0.152. The number of aryl methyl sites for hydroxylation is 2. The maximum absolute atomic E-state index is 10.4. The normalized spacial score (nSPS) is 11.8. The zero-order valence-electron chi connectivity index (χ0n) is 10.8. The molecule has 0 bridgehead atoms. The van der Waals surface area contributed by atoms with Crippen molar-refractivity contribution in [1.82, 2.24) is 4.57 Å². The van der Waals surface area contributed by atoms with Crippen molar-refractivity contribution in [3.8, 4) is 0 Å². The van der Waals surface area contributed by atoms with Crippen LogP contribution < -0.4 is 4.57 Å². The fraction of sp³-hybridized carbons (Fsp3) is 0.667. The van der Waals surface area contributed by atoms with Crippen molar-refractivity contribution in [2.24, 2.45) is 7.05 Å². The number of imidazole rings is 1. The van der Waals surface area contributed by atoms with E-state index in [1.807, 2.05) is 34.9 Å². The number of hydrogen-bond acceptors (Lipinski definition) is 5. The Balaban J connectivity index is 0.000000555. The lowest BCUT2D eigenvalue weighted by Gasteiger charge is -1.96. The average Bonchev–Trinajstić information content (AvgIpc) is 2.55. The molecule has 0 saturated heterocycles. The van der Waals surface area contributed by atoms with E-state index in [1.54, 1.807) is 0 Å². The molecule has 19 heavy (non-hydrogen) atoms. The van der Waals surface area contributed by atoms with Gasteiger partial charge in [0.2, 0.25) is 6.33 Å². The van der Waals surface area contributed by atoms with Crippen molar-refractivity contribution < 1.29 is 30.5 Å². The van der Waals surface area contributed by atoms with Gasteiger partial charge in [0, 0.05) is 6.26 Å². The smallest absolute Gasteiger partial charge is 0.264 e. The van der Waals surface area contributed by atoms with Gasteiger partial charge in [-0.25, -0.2) is 17.6 Å². The number of nitrogens with zero attached hydrogens (tertiary/aromatic N) is 2. The third-order valence-corrected chi connectivity index (χ3v) is 2.70. The Morgan fingerprint density at radius 1 is 1.26 bits per heavy atom. The largest absolute Gasteiger partial charge is 0.748 e. The summed E-state index contributed by atoms with van der Waals surface area (Å²) in [6.45, 7) is 0.774. The molecule has 1 aromatic heterocycles. The van der Waals surface area contributed by atoms with Gasteiger partial charge in [-0.3, -0.25) is 4.55 Å². The monoisotopic (exact) mass is 314 g/mol. The highest BCUT2D eigenvalue weighted by Crippen LogP contribution is 1.97. The molecular weight excluding hydrogens is 296 g/mol. The lowest BCUT2D eigenvalue weighted by Crippen LogP contribution is -2.23. The zero-order chi connectivity index (χ0) is 15.1. The molecule has 0 aromatic carbocycles. The summed E-state index contributed by atoms with van der Waals surface area (Å²) in [6.07, 6.45) is 7.60. The molecule has 112 valence electrons. The van der Waals surface area contributed by atoms with Gasteiger partial charge in [-0.05, 0) is 12.8 Å². The minimum atomic E-state index is -3.92. The molecule has 0 aliphatic heterocycles. The molecule has 0 amide bonds. The van der Waals surface area contributed by atoms with Crippen LogP contribution in [0.25, 0.3) is 0 Å². The Labute approximate surface area is 113 Å². The first-order chi connectivity index (χ1) is 8.47. The molecule has 0 spiro atoms. The molecule has 0 radical (unpaired) electrons. The van der Waals surface area contributed by atoms with Crippen molar-refractivity contribution in [1.29, 1.82) is 0 Å². The van der Waals surface area contributed by atoms with E-state index in [2.05, 4.69) is 0 Å². The molecule has 1 N–H and O–H groups in total. The first-order valence-corrected chi connectivity index (χ1v) is 8.77. The molecule has 10 heteroatoms. The first-order valence-electron chi connectivity index (χ1n) is 5.34. The maximum atomic E-state index is 10.4. The molecule has 0 aliphatic rings. The number of unbranched alkanes of at least 4 members (excludes halogenated alkanes) is 1. The van der Waals surface area contributed by atoms with Crippen molar-refractivity contribution in [3.63, 3.8) is 0 Å². The molecule has 0 fully saturated rings. The van der Waals surface area contributed by atoms with Crippen LogP contribution in [0.5, 0.6) is 0 Å². The van der Waals surface area contributed by atoms with Gasteiger partial charge in [0.05, 0.1) is 29.5 Å². The molecule has 1 heterocycles. The summed E-state index contributed by atoms with van der Waals surface area (Å²) in [7, 11) is -5.78. The Hall–Kier alpha value is -0.970. The van der Waals surface area contributed by atoms with Gasteiger partial charge in [-0.1, -0.05) is 0 Å². The van der Waals surface area contributed by atoms with Crippen molar-refractivity contribution >= 4 is 20.2 Å². The van der Waals surface area contributed by atoms with Crippen molar-refractivity contribution in [3.05, 3.63) is 18.7 Å². The van der Waals surface area contributed by atoms with Crippen LogP contribution in [0.4, 0.5) is 0 Å². The standard InChI is InChI=1S/C8H14N2O3S.CH4O3S/c1-9-5-6-10(8-9)4-2-3-7-14(11,12)13;1-5(2,3)4/h5-6,8H,2-4,7H2,1H3;1H3,(H,2,3,4). The summed E-state index contributed by atoms with van der Waals surface area (Å²) in [6, 6.07) is 0. The van der Waals surface area contributed by atoms with Crippen molar-refractivity contribution in [2.45, 2.75) is 19.4 Å². The molecule has 1 aromatic rings. The SMILES string of the molecule is CS(=O)(=O)[O-].C[n+]1ccn(CCCCS(=O)(=O)O)c1. The summed E-state index contributed by atoms with van der Waals surface area (Å²) in [4.78, 5) is 0. The third kappa shape index (κ3) is 15.0. The van der Waals surface area contributed by atoms with E-state index in [4.69, 9.17) is 17.5 Å². The summed E-state index contributed by atoms with van der Waals surface area (Å²) in [5, 5.41) is 0. The first kappa shape index (κ1) is 18.0. The number of hydrogen-bond donors (Lipinski definition) is 1. The molecular formula is C9H18N2O6S2. The second kappa shape index (κ2) is 7.58. The molecule has 1 rings (SSSR count). The Morgan fingerprint density at radius 2 is 1.79 bits per heavy atom. The molecule has 0 unspecified atom stereocenters. The summed E-state index contributed by atoms with van der Waals surface area (Å²) < 4.78 is 60.4. The van der Waals surface area contributed by atoms with Crippen LogP contribution in [0.3, 0.4) is 0 Å². The van der Waals surface area contributed by atoms with E-state index >= 15 is 0 Å². The lowest BCUT2D eigenvalue weighted by atomic mass is 10.3. The molecule has 0 atom stereocenters. The highest BCUT2D eigenvalue weighted by Gasteiger charge is 2.05. The minimum Gasteiger partial charge on any atom is -0.748 e. The lowest BCUT2D eigenvalue weighted by molar-refractivity contribution is -0.671. The second-order valence-corrected chi connectivity index (χ2v) is 6.99. The van der Waals surface area contributed by atoms with Gasteiger partial charge in [0.1, 0.15) is 12.4 Å². The van der Waals surface area contributed by atoms with Crippen LogP contribution in [-0.4, -0.2) is 42.5 Å². The average molecular weight is 314 g/mol. The van der Waals surface area contributed by atoms with Crippen LogP contribution in [0, 0.1) is 0 Å². The fourth-order valence-corrected chi connectivity index (χ4v) is 1.78. The Bertz CT molecular complexity index is 568. The predicted octanol–water partition coefficient (Wildman–Crippen LogP) is -0.858. The fourth-order valence-electron chi connectivity index (χ4n) is 1.21. The maximum Gasteiger partial charge on any atom is 0.264 e. The Kier molecular flexibility index (Phi) is 7.19. The van der Waals surface area contributed by atoms with Crippen LogP contribution in [0.1, 0.15) is 12.8 Å². The van der Waals surface area contributed by atoms with Crippen LogP contribution in [0.15, 0.2) is 18.7 Å². The van der Waals surface area contributed by atoms with Gasteiger partial charge < -0.3 is 4.55 Å². The predicted molar refractivity (Wildman–Crippen MR) is 66.9 cm³/mol. The van der Waals surface area contributed by atoms with Crippen molar-refractivity contribution in [2.75, 3.05) is 12.0 Å². The van der Waals surface area contributed by atoms with E-state index in [9.17, 15) is 8.42 Å². The quantitative estimate of drug-likeness (QED) is 0.429. The zero-order valence-corrected chi connectivity index (χ0v) is 12.4. The molecule has 0 saturated carbocycles. The van der Waals surface area contributed by atoms with Crippen LogP contribution in [-0.2, 0) is 33.8 Å². The van der Waals surface area contributed by atoms with E-state index in [0.717, 1.165) is 13.0 Å². The molecule has 8 nitrogen and oxygen atoms in total. The topological polar surface area (TPSA) is 120 Å². The number of rotatable bonds is 5. The third-order valence-electron chi connectivity index (χ3n) is 1.89. The van der Waals surface area contributed by atoms with E-state index < -0.39 is 20.2 Å². The highest BCUT2D eigenvalue weighted by atomic mass is 32.2. The van der Waals surface area contributed by atoms with Gasteiger partial charge in [-0.15, -0.1) is 0 Å². The van der Waals surface area contributed by atoms with Gasteiger partial charge in [-0.2, -0.15) is 8.42 Å². The second-order valence-electron chi connectivity index (χ2n) is 4.01. The van der Waals surface area contributed by atoms with E-state index in [0.29, 0.717) is 12.7 Å². The summed E-state index contributed by atoms with van der Waals surface area (Å²) in [5.41, 5.74) is 0. The number of aromatic nitrogens is 2. The van der Waals surface area contributed by atoms with Gasteiger partial charge in [0.25, 0.3) is 10.1 Å². The molecule has 0 aliphatic carbocycles.